The van der Waals surface area contributed by atoms with Gasteiger partial charge in [0.2, 0.25) is 10.0 Å². The Bertz CT molecular complexity index is 1020. The summed E-state index contributed by atoms with van der Waals surface area (Å²) in [6.45, 7) is 2.90. The lowest BCUT2D eigenvalue weighted by Crippen LogP contribution is -2.35. The molecule has 1 aliphatic heterocycles. The molecule has 1 aliphatic rings. The molecule has 1 aromatic carbocycles. The fourth-order valence-electron chi connectivity index (χ4n) is 2.99. The second-order valence-electron chi connectivity index (χ2n) is 6.44. The standard InChI is InChI=1S/C19H22N4O3S2/c1-14-13-27-19(22-14)15(11-20)12-21-16-6-7-17(26-2)18(10-16)28(24,25)23-8-4-3-5-9-23/h6-7,10,12-13,21H,3-5,8-9H2,1-2H3/b15-12+. The molecule has 7 nitrogen and oxygen atoms in total. The molecule has 148 valence electrons. The number of sulfonamides is 1. The number of benzene rings is 1. The second-order valence-corrected chi connectivity index (χ2v) is 9.20. The summed E-state index contributed by atoms with van der Waals surface area (Å²) in [5, 5.41) is 14.9. The Balaban J connectivity index is 1.90. The summed E-state index contributed by atoms with van der Waals surface area (Å²) in [6.07, 6.45) is 4.31. The fraction of sp³-hybridized carbons (Fsp3) is 0.368. The summed E-state index contributed by atoms with van der Waals surface area (Å²) in [4.78, 5) is 4.43. The number of nitrogens with one attached hydrogen (secondary N) is 1. The Morgan fingerprint density at radius 3 is 2.71 bits per heavy atom. The van der Waals surface area contributed by atoms with E-state index in [1.807, 2.05) is 12.3 Å². The molecule has 0 bridgehead atoms. The number of hydrogen-bond acceptors (Lipinski definition) is 7. The van der Waals surface area contributed by atoms with Crippen molar-refractivity contribution >= 4 is 32.6 Å². The SMILES string of the molecule is COc1ccc(N/C=C(\C#N)c2nc(C)cs2)cc1S(=O)(=O)N1CCCCC1. The Morgan fingerprint density at radius 2 is 2.11 bits per heavy atom. The molecule has 1 fully saturated rings. The summed E-state index contributed by atoms with van der Waals surface area (Å²) in [5.41, 5.74) is 1.78. The third kappa shape index (κ3) is 4.35. The minimum absolute atomic E-state index is 0.124. The Labute approximate surface area is 169 Å². The molecule has 0 amide bonds. The number of nitrogens with zero attached hydrogens (tertiary/aromatic N) is 3. The van der Waals surface area contributed by atoms with Crippen molar-refractivity contribution < 1.29 is 13.2 Å². The van der Waals surface area contributed by atoms with E-state index in [4.69, 9.17) is 4.74 Å². The average molecular weight is 419 g/mol. The van der Waals surface area contributed by atoms with Gasteiger partial charge in [-0.1, -0.05) is 6.42 Å². The predicted octanol–water partition coefficient (Wildman–Crippen LogP) is 3.61. The lowest BCUT2D eigenvalue weighted by atomic mass is 10.2. The van der Waals surface area contributed by atoms with E-state index in [1.165, 1.54) is 29.0 Å². The van der Waals surface area contributed by atoms with Gasteiger partial charge in [-0.2, -0.15) is 9.57 Å². The van der Waals surface area contributed by atoms with Gasteiger partial charge >= 0.3 is 0 Å². The molecule has 0 aliphatic carbocycles. The monoisotopic (exact) mass is 418 g/mol. The minimum atomic E-state index is -3.65. The number of aryl methyl sites for hydroxylation is 1. The number of piperidine rings is 1. The highest BCUT2D eigenvalue weighted by atomic mass is 32.2. The maximum absolute atomic E-state index is 13.1. The van der Waals surface area contributed by atoms with Gasteiger partial charge in [0.1, 0.15) is 27.3 Å². The normalized spacial score (nSPS) is 15.8. The van der Waals surface area contributed by atoms with E-state index in [1.54, 1.807) is 18.2 Å². The van der Waals surface area contributed by atoms with E-state index < -0.39 is 10.0 Å². The van der Waals surface area contributed by atoms with Crippen LogP contribution in [0.15, 0.2) is 34.7 Å². The zero-order valence-corrected chi connectivity index (χ0v) is 17.4. The van der Waals surface area contributed by atoms with Gasteiger partial charge in [-0.05, 0) is 38.0 Å². The van der Waals surface area contributed by atoms with Gasteiger partial charge in [0.15, 0.2) is 0 Å². The third-order valence-electron chi connectivity index (χ3n) is 4.45. The average Bonchev–Trinajstić information content (AvgIpc) is 3.15. The summed E-state index contributed by atoms with van der Waals surface area (Å²) in [5.74, 6) is 0.302. The first-order valence-corrected chi connectivity index (χ1v) is 11.2. The lowest BCUT2D eigenvalue weighted by Gasteiger charge is -2.26. The molecule has 2 heterocycles. The molecule has 0 unspecified atom stereocenters. The molecular weight excluding hydrogens is 396 g/mol. The van der Waals surface area contributed by atoms with E-state index in [-0.39, 0.29) is 4.90 Å². The fourth-order valence-corrected chi connectivity index (χ4v) is 5.45. The van der Waals surface area contributed by atoms with Crippen LogP contribution >= 0.6 is 11.3 Å². The van der Waals surface area contributed by atoms with E-state index >= 15 is 0 Å². The van der Waals surface area contributed by atoms with Gasteiger partial charge in [-0.3, -0.25) is 0 Å². The molecule has 2 aromatic rings. The third-order valence-corrected chi connectivity index (χ3v) is 7.36. The summed E-state index contributed by atoms with van der Waals surface area (Å²) < 4.78 is 33.0. The van der Waals surface area contributed by atoms with Crippen molar-refractivity contribution in [3.05, 3.63) is 40.5 Å². The quantitative estimate of drug-likeness (QED) is 0.720. The molecule has 0 atom stereocenters. The number of allylic oxidation sites excluding steroid dienone is 1. The van der Waals surface area contributed by atoms with Crippen molar-refractivity contribution in [1.29, 1.82) is 5.26 Å². The summed E-state index contributed by atoms with van der Waals surface area (Å²) in [7, 11) is -2.19. The van der Waals surface area contributed by atoms with Gasteiger partial charge in [-0.25, -0.2) is 13.4 Å². The molecule has 9 heteroatoms. The van der Waals surface area contributed by atoms with Gasteiger partial charge < -0.3 is 10.1 Å². The zero-order valence-electron chi connectivity index (χ0n) is 15.8. The molecule has 1 aromatic heterocycles. The lowest BCUT2D eigenvalue weighted by molar-refractivity contribution is 0.343. The molecular formula is C19H22N4O3S2. The number of rotatable bonds is 6. The predicted molar refractivity (Wildman–Crippen MR) is 110 cm³/mol. The van der Waals surface area contributed by atoms with Crippen LogP contribution in [-0.4, -0.2) is 37.9 Å². The van der Waals surface area contributed by atoms with Crippen molar-refractivity contribution in [2.24, 2.45) is 0 Å². The Hall–Kier alpha value is -2.41. The number of thiazole rings is 1. The van der Waals surface area contributed by atoms with Gasteiger partial charge in [-0.15, -0.1) is 11.3 Å². The number of methoxy groups -OCH3 is 1. The topological polar surface area (TPSA) is 95.3 Å². The van der Waals surface area contributed by atoms with Crippen LogP contribution < -0.4 is 10.1 Å². The molecule has 0 radical (unpaired) electrons. The highest BCUT2D eigenvalue weighted by Gasteiger charge is 2.29. The first kappa shape index (κ1) is 20.3. The Kier molecular flexibility index (Phi) is 6.34. The van der Waals surface area contributed by atoms with Crippen molar-refractivity contribution in [2.75, 3.05) is 25.5 Å². The van der Waals surface area contributed by atoms with E-state index in [2.05, 4.69) is 16.4 Å². The largest absolute Gasteiger partial charge is 0.495 e. The first-order valence-electron chi connectivity index (χ1n) is 8.93. The highest BCUT2D eigenvalue weighted by Crippen LogP contribution is 2.31. The molecule has 0 saturated carbocycles. The number of aromatic nitrogens is 1. The molecule has 28 heavy (non-hydrogen) atoms. The minimum Gasteiger partial charge on any atom is -0.495 e. The van der Waals surface area contributed by atoms with Gasteiger partial charge in [0.25, 0.3) is 0 Å². The number of anilines is 1. The van der Waals surface area contributed by atoms with Crippen molar-refractivity contribution in [3.63, 3.8) is 0 Å². The first-order chi connectivity index (χ1) is 13.5. The summed E-state index contributed by atoms with van der Waals surface area (Å²) in [6, 6.07) is 6.99. The van der Waals surface area contributed by atoms with Crippen LogP contribution in [0.2, 0.25) is 0 Å². The van der Waals surface area contributed by atoms with Crippen molar-refractivity contribution in [1.82, 2.24) is 9.29 Å². The molecule has 1 saturated heterocycles. The van der Waals surface area contributed by atoms with Crippen LogP contribution in [0.4, 0.5) is 5.69 Å². The van der Waals surface area contributed by atoms with E-state index in [9.17, 15) is 13.7 Å². The maximum Gasteiger partial charge on any atom is 0.246 e. The highest BCUT2D eigenvalue weighted by molar-refractivity contribution is 7.89. The van der Waals surface area contributed by atoms with Crippen molar-refractivity contribution in [2.45, 2.75) is 31.1 Å². The van der Waals surface area contributed by atoms with E-state index in [0.29, 0.717) is 35.1 Å². The van der Waals surface area contributed by atoms with Crippen LogP contribution in [-0.2, 0) is 10.0 Å². The molecule has 3 rings (SSSR count). The van der Waals surface area contributed by atoms with Gasteiger partial charge in [0.05, 0.1) is 7.11 Å². The number of hydrogen-bond donors (Lipinski definition) is 1. The maximum atomic E-state index is 13.1. The van der Waals surface area contributed by atoms with Crippen LogP contribution in [0, 0.1) is 18.3 Å². The van der Waals surface area contributed by atoms with Crippen LogP contribution in [0.25, 0.3) is 5.57 Å². The zero-order chi connectivity index (χ0) is 20.1. The number of nitriles is 1. The second kappa shape index (κ2) is 8.73. The van der Waals surface area contributed by atoms with E-state index in [0.717, 1.165) is 25.0 Å². The van der Waals surface area contributed by atoms with Crippen molar-refractivity contribution in [3.8, 4) is 11.8 Å². The van der Waals surface area contributed by atoms with Crippen LogP contribution in [0.5, 0.6) is 5.75 Å². The van der Waals surface area contributed by atoms with Crippen LogP contribution in [0.3, 0.4) is 0 Å². The van der Waals surface area contributed by atoms with Gasteiger partial charge in [0, 0.05) is 36.1 Å². The summed E-state index contributed by atoms with van der Waals surface area (Å²) >= 11 is 1.39. The van der Waals surface area contributed by atoms with Crippen LogP contribution in [0.1, 0.15) is 30.0 Å². The Morgan fingerprint density at radius 1 is 1.36 bits per heavy atom. The number of ether oxygens (including phenoxy) is 1. The molecule has 0 spiro atoms. The molecule has 1 N–H and O–H groups in total. The smallest absolute Gasteiger partial charge is 0.246 e.